The van der Waals surface area contributed by atoms with Crippen LogP contribution in [0.15, 0.2) is 59.6 Å². The summed E-state index contributed by atoms with van der Waals surface area (Å²) in [4.78, 5) is 18.5. The van der Waals surface area contributed by atoms with Crippen LogP contribution in [0.5, 0.6) is 5.75 Å². The fourth-order valence-corrected chi connectivity index (χ4v) is 7.38. The van der Waals surface area contributed by atoms with Gasteiger partial charge >= 0.3 is 0 Å². The van der Waals surface area contributed by atoms with Gasteiger partial charge in [-0.05, 0) is 36.8 Å². The molecule has 146 valence electrons. The second-order valence-electron chi connectivity index (χ2n) is 6.90. The number of carbonyl (C=O) groups is 1. The Hall–Kier alpha value is -2.32. The Morgan fingerprint density at radius 1 is 1.18 bits per heavy atom. The number of fused-ring (bicyclic) bond motifs is 1. The van der Waals surface area contributed by atoms with E-state index < -0.39 is 15.7 Å². The molecule has 2 atom stereocenters. The van der Waals surface area contributed by atoms with E-state index in [1.807, 2.05) is 54.3 Å². The fraction of sp³-hybridized carbons (Fsp3) is 0.300. The number of hydrogen-bond acceptors (Lipinski definition) is 5. The van der Waals surface area contributed by atoms with Crippen LogP contribution < -0.4 is 9.64 Å². The number of benzene rings is 2. The smallest absolute Gasteiger partial charge is 0.285 e. The zero-order chi connectivity index (χ0) is 19.7. The third kappa shape index (κ3) is 4.07. The number of amides is 1. The Labute approximate surface area is 168 Å². The summed E-state index contributed by atoms with van der Waals surface area (Å²) >= 11 is 1.36. The predicted molar refractivity (Wildman–Crippen MR) is 112 cm³/mol. The number of nitrogens with zero attached hydrogens (tertiary/aromatic N) is 2. The van der Waals surface area contributed by atoms with Crippen LogP contribution in [-0.4, -0.2) is 48.9 Å². The second-order valence-corrected chi connectivity index (χ2v) is 10.3. The fourth-order valence-electron chi connectivity index (χ4n) is 3.44. The van der Waals surface area contributed by atoms with E-state index in [1.165, 1.54) is 11.8 Å². The highest BCUT2D eigenvalue weighted by Gasteiger charge is 2.49. The van der Waals surface area contributed by atoms with Crippen molar-refractivity contribution >= 4 is 38.4 Å². The van der Waals surface area contributed by atoms with Crippen molar-refractivity contribution in [2.24, 2.45) is 4.99 Å². The first kappa shape index (κ1) is 19.0. The first-order valence-corrected chi connectivity index (χ1v) is 11.6. The number of hydrogen-bond donors (Lipinski definition) is 0. The zero-order valence-electron chi connectivity index (χ0n) is 15.3. The third-order valence-electron chi connectivity index (χ3n) is 4.67. The van der Waals surface area contributed by atoms with Gasteiger partial charge in [0, 0.05) is 10.9 Å². The topological polar surface area (TPSA) is 76.0 Å². The molecule has 2 aromatic carbocycles. The molecule has 0 radical (unpaired) electrons. The molecule has 1 amide bonds. The largest absolute Gasteiger partial charge is 0.484 e. The molecule has 2 aliphatic rings. The van der Waals surface area contributed by atoms with Gasteiger partial charge < -0.3 is 9.64 Å². The summed E-state index contributed by atoms with van der Waals surface area (Å²) < 4.78 is 29.7. The van der Waals surface area contributed by atoms with Crippen molar-refractivity contribution in [3.8, 4) is 5.75 Å². The molecular formula is C20H20N2O4S2. The number of ether oxygens (including phenoxy) is 1. The van der Waals surface area contributed by atoms with Crippen LogP contribution in [0.4, 0.5) is 5.69 Å². The van der Waals surface area contributed by atoms with E-state index in [1.54, 1.807) is 12.1 Å². The van der Waals surface area contributed by atoms with E-state index in [0.717, 1.165) is 11.3 Å². The Morgan fingerprint density at radius 2 is 1.96 bits per heavy atom. The number of aryl methyl sites for hydroxylation is 1. The van der Waals surface area contributed by atoms with Gasteiger partial charge in [0.05, 0.1) is 17.5 Å². The molecule has 0 bridgehead atoms. The van der Waals surface area contributed by atoms with Crippen molar-refractivity contribution in [1.82, 2.24) is 0 Å². The Morgan fingerprint density at radius 3 is 2.71 bits per heavy atom. The number of thioether (sulfide) groups is 1. The van der Waals surface area contributed by atoms with E-state index in [4.69, 9.17) is 4.74 Å². The Bertz CT molecular complexity index is 1020. The summed E-state index contributed by atoms with van der Waals surface area (Å²) in [7, 11) is -3.08. The molecule has 0 N–H and O–H groups in total. The lowest BCUT2D eigenvalue weighted by Crippen LogP contribution is -2.37. The standard InChI is InChI=1S/C20H20N2O4S2/c1-14-6-5-7-15(10-14)22-17-12-28(24,25)13-18(17)27-20(22)21-19(23)11-26-16-8-3-2-4-9-16/h2-10,17-18H,11-13H2,1H3/t17-,18+/m1/s1. The van der Waals surface area contributed by atoms with Gasteiger partial charge in [0.1, 0.15) is 5.75 Å². The molecule has 0 unspecified atom stereocenters. The van der Waals surface area contributed by atoms with Gasteiger partial charge in [0.15, 0.2) is 21.6 Å². The number of sulfone groups is 1. The first-order chi connectivity index (χ1) is 13.4. The molecule has 2 saturated heterocycles. The molecule has 2 fully saturated rings. The van der Waals surface area contributed by atoms with Crippen LogP contribution in [0.3, 0.4) is 0 Å². The summed E-state index contributed by atoms with van der Waals surface area (Å²) in [6.45, 7) is 1.81. The van der Waals surface area contributed by atoms with Crippen molar-refractivity contribution in [1.29, 1.82) is 0 Å². The number of anilines is 1. The number of aliphatic imine (C=N–C) groups is 1. The summed E-state index contributed by atoms with van der Waals surface area (Å²) in [5.74, 6) is 0.394. The van der Waals surface area contributed by atoms with Crippen molar-refractivity contribution in [3.63, 3.8) is 0 Å². The van der Waals surface area contributed by atoms with Crippen LogP contribution in [0.1, 0.15) is 5.56 Å². The molecule has 8 heteroatoms. The molecule has 6 nitrogen and oxygen atoms in total. The maximum atomic E-state index is 12.4. The lowest BCUT2D eigenvalue weighted by molar-refractivity contribution is -0.119. The van der Waals surface area contributed by atoms with Gasteiger partial charge in [-0.3, -0.25) is 4.79 Å². The van der Waals surface area contributed by atoms with Gasteiger partial charge in [0.2, 0.25) is 0 Å². The minimum absolute atomic E-state index is 0.0757. The second kappa shape index (κ2) is 7.60. The molecule has 0 aromatic heterocycles. The predicted octanol–water partition coefficient (Wildman–Crippen LogP) is 2.68. The molecule has 2 heterocycles. The summed E-state index contributed by atoms with van der Waals surface area (Å²) in [5, 5.41) is 0.421. The molecule has 0 spiro atoms. The summed E-state index contributed by atoms with van der Waals surface area (Å²) in [6.07, 6.45) is 0. The highest BCUT2D eigenvalue weighted by molar-refractivity contribution is 8.16. The van der Waals surface area contributed by atoms with E-state index >= 15 is 0 Å². The van der Waals surface area contributed by atoms with E-state index in [0.29, 0.717) is 10.9 Å². The van der Waals surface area contributed by atoms with Crippen LogP contribution >= 0.6 is 11.8 Å². The summed E-state index contributed by atoms with van der Waals surface area (Å²) in [6, 6.07) is 16.7. The van der Waals surface area contributed by atoms with Crippen LogP contribution in [-0.2, 0) is 14.6 Å². The quantitative estimate of drug-likeness (QED) is 0.763. The number of para-hydroxylation sites is 1. The highest BCUT2D eigenvalue weighted by atomic mass is 32.2. The maximum Gasteiger partial charge on any atom is 0.285 e. The Balaban J connectivity index is 1.58. The van der Waals surface area contributed by atoms with Gasteiger partial charge in [-0.1, -0.05) is 42.1 Å². The number of rotatable bonds is 4. The van der Waals surface area contributed by atoms with Gasteiger partial charge in [-0.15, -0.1) is 0 Å². The van der Waals surface area contributed by atoms with E-state index in [2.05, 4.69) is 4.99 Å². The lowest BCUT2D eigenvalue weighted by atomic mass is 10.1. The van der Waals surface area contributed by atoms with Crippen molar-refractivity contribution < 1.29 is 17.9 Å². The SMILES string of the molecule is Cc1cccc(N2C(=NC(=O)COc3ccccc3)S[C@H]3CS(=O)(=O)C[C@H]32)c1. The van der Waals surface area contributed by atoms with Crippen molar-refractivity contribution in [3.05, 3.63) is 60.2 Å². The van der Waals surface area contributed by atoms with Crippen LogP contribution in [0.25, 0.3) is 0 Å². The molecule has 2 aliphatic heterocycles. The molecule has 0 saturated carbocycles. The van der Waals surface area contributed by atoms with Crippen LogP contribution in [0.2, 0.25) is 0 Å². The van der Waals surface area contributed by atoms with Crippen molar-refractivity contribution in [2.45, 2.75) is 18.2 Å². The molecule has 28 heavy (non-hydrogen) atoms. The monoisotopic (exact) mass is 416 g/mol. The molecule has 2 aromatic rings. The molecule has 4 rings (SSSR count). The van der Waals surface area contributed by atoms with Gasteiger partial charge in [-0.2, -0.15) is 4.99 Å². The molecular weight excluding hydrogens is 396 g/mol. The minimum atomic E-state index is -3.08. The van der Waals surface area contributed by atoms with Gasteiger partial charge in [0.25, 0.3) is 5.91 Å². The highest BCUT2D eigenvalue weighted by Crippen LogP contribution is 2.41. The van der Waals surface area contributed by atoms with Gasteiger partial charge in [-0.25, -0.2) is 8.42 Å². The van der Waals surface area contributed by atoms with E-state index in [-0.39, 0.29) is 29.4 Å². The van der Waals surface area contributed by atoms with Crippen molar-refractivity contribution in [2.75, 3.05) is 23.0 Å². The van der Waals surface area contributed by atoms with E-state index in [9.17, 15) is 13.2 Å². The number of amidine groups is 1. The minimum Gasteiger partial charge on any atom is -0.484 e. The number of carbonyl (C=O) groups excluding carboxylic acids is 1. The average Bonchev–Trinajstić information content (AvgIpc) is 3.11. The van der Waals surface area contributed by atoms with Crippen LogP contribution in [0, 0.1) is 6.92 Å². The third-order valence-corrected chi connectivity index (χ3v) is 7.88. The maximum absolute atomic E-state index is 12.4. The normalized spacial score (nSPS) is 24.3. The summed E-state index contributed by atoms with van der Waals surface area (Å²) in [5.41, 5.74) is 1.91. The molecule has 0 aliphatic carbocycles. The Kier molecular flexibility index (Phi) is 5.16. The first-order valence-electron chi connectivity index (χ1n) is 8.94. The zero-order valence-corrected chi connectivity index (χ0v) is 16.9. The average molecular weight is 417 g/mol. The lowest BCUT2D eigenvalue weighted by Gasteiger charge is -2.24.